The summed E-state index contributed by atoms with van der Waals surface area (Å²) in [5.41, 5.74) is 8.47. The highest BCUT2D eigenvalue weighted by atomic mass is 35.5. The molecular weight excluding hydrogens is 284 g/mol. The molecule has 1 aliphatic heterocycles. The highest BCUT2D eigenvalue weighted by molar-refractivity contribution is 5.96. The summed E-state index contributed by atoms with van der Waals surface area (Å²) < 4.78 is 0. The van der Waals surface area contributed by atoms with Crippen molar-refractivity contribution in [3.63, 3.8) is 0 Å². The summed E-state index contributed by atoms with van der Waals surface area (Å²) in [4.78, 5) is 14.9. The highest BCUT2D eigenvalue weighted by Crippen LogP contribution is 2.36. The zero-order valence-corrected chi connectivity index (χ0v) is 13.4. The number of fused-ring (bicyclic) bond motifs is 1. The molecule has 0 radical (unpaired) electrons. The van der Waals surface area contributed by atoms with Gasteiger partial charge in [0.05, 0.1) is 0 Å². The Bertz CT molecular complexity index is 505. The van der Waals surface area contributed by atoms with Gasteiger partial charge in [-0.05, 0) is 43.2 Å². The third-order valence-corrected chi connectivity index (χ3v) is 4.87. The molecule has 21 heavy (non-hydrogen) atoms. The molecule has 0 spiro atoms. The molecule has 0 saturated heterocycles. The van der Waals surface area contributed by atoms with E-state index in [1.807, 2.05) is 11.0 Å². The number of hydrogen-bond donors (Lipinski definition) is 1. The van der Waals surface area contributed by atoms with Crippen LogP contribution in [0.3, 0.4) is 0 Å². The Kier molecular flexibility index (Phi) is 5.28. The molecule has 0 aromatic heterocycles. The van der Waals surface area contributed by atoms with Gasteiger partial charge in [-0.15, -0.1) is 12.4 Å². The number of rotatable bonds is 1. The summed E-state index contributed by atoms with van der Waals surface area (Å²) in [6, 6.07) is 8.55. The molecule has 116 valence electrons. The Labute approximate surface area is 133 Å². The van der Waals surface area contributed by atoms with Crippen LogP contribution in [0.5, 0.6) is 0 Å². The maximum Gasteiger partial charge on any atom is 0.230 e. The van der Waals surface area contributed by atoms with Crippen molar-refractivity contribution in [1.82, 2.24) is 0 Å². The van der Waals surface area contributed by atoms with E-state index in [0.29, 0.717) is 11.8 Å². The predicted octanol–water partition coefficient (Wildman–Crippen LogP) is 3.47. The Hall–Kier alpha value is -1.06. The van der Waals surface area contributed by atoms with Gasteiger partial charge in [0.15, 0.2) is 0 Å². The van der Waals surface area contributed by atoms with E-state index in [2.05, 4.69) is 25.1 Å². The number of nitrogens with zero attached hydrogens (tertiary/aromatic N) is 1. The van der Waals surface area contributed by atoms with E-state index in [0.717, 1.165) is 44.3 Å². The van der Waals surface area contributed by atoms with Crippen LogP contribution in [0.4, 0.5) is 5.69 Å². The van der Waals surface area contributed by atoms with E-state index < -0.39 is 0 Å². The normalized spacial score (nSPS) is 28.5. The van der Waals surface area contributed by atoms with Crippen molar-refractivity contribution < 1.29 is 4.79 Å². The Morgan fingerprint density at radius 3 is 2.76 bits per heavy atom. The van der Waals surface area contributed by atoms with Crippen molar-refractivity contribution in [3.8, 4) is 0 Å². The minimum atomic E-state index is 0. The van der Waals surface area contributed by atoms with Gasteiger partial charge in [0.1, 0.15) is 0 Å². The minimum Gasteiger partial charge on any atom is -0.328 e. The molecule has 1 aromatic carbocycles. The number of amides is 1. The molecule has 2 N–H and O–H groups in total. The molecule has 3 nitrogen and oxygen atoms in total. The molecule has 1 saturated carbocycles. The van der Waals surface area contributed by atoms with Gasteiger partial charge in [-0.25, -0.2) is 0 Å². The van der Waals surface area contributed by atoms with Crippen LogP contribution in [0, 0.1) is 5.92 Å². The van der Waals surface area contributed by atoms with Gasteiger partial charge in [-0.1, -0.05) is 31.5 Å². The van der Waals surface area contributed by atoms with Crippen LogP contribution in [-0.2, 0) is 4.79 Å². The van der Waals surface area contributed by atoms with Crippen LogP contribution in [-0.4, -0.2) is 18.5 Å². The number of anilines is 1. The lowest BCUT2D eigenvalue weighted by molar-refractivity contribution is -0.123. The molecule has 3 rings (SSSR count). The van der Waals surface area contributed by atoms with Crippen LogP contribution in [0.2, 0.25) is 0 Å². The second-order valence-corrected chi connectivity index (χ2v) is 6.36. The van der Waals surface area contributed by atoms with E-state index in [1.54, 1.807) is 0 Å². The first-order valence-electron chi connectivity index (χ1n) is 7.82. The molecular formula is C17H25ClN2O. The molecule has 1 amide bonds. The first-order valence-corrected chi connectivity index (χ1v) is 7.82. The molecule has 2 aliphatic rings. The van der Waals surface area contributed by atoms with Crippen molar-refractivity contribution in [1.29, 1.82) is 0 Å². The minimum absolute atomic E-state index is 0. The van der Waals surface area contributed by atoms with E-state index >= 15 is 0 Å². The number of carbonyl (C=O) groups excluding carboxylic acids is 1. The lowest BCUT2D eigenvalue weighted by atomic mass is 9.84. The van der Waals surface area contributed by atoms with Crippen LogP contribution < -0.4 is 10.6 Å². The Morgan fingerprint density at radius 1 is 1.24 bits per heavy atom. The standard InChI is InChI=1S/C17H24N2O.ClH/c1-12-9-10-19(16-8-3-2-7-15(12)16)17(20)13-5-4-6-14(18)11-13;/h2-3,7-8,12-14H,4-6,9-11,18H2,1H3;1H. The van der Waals surface area contributed by atoms with Crippen molar-refractivity contribution in [3.05, 3.63) is 29.8 Å². The number of nitrogens with two attached hydrogens (primary N) is 1. The molecule has 4 heteroatoms. The lowest BCUT2D eigenvalue weighted by Crippen LogP contribution is -2.43. The summed E-state index contributed by atoms with van der Waals surface area (Å²) in [5.74, 6) is 0.962. The smallest absolute Gasteiger partial charge is 0.230 e. The highest BCUT2D eigenvalue weighted by Gasteiger charge is 2.32. The largest absolute Gasteiger partial charge is 0.328 e. The van der Waals surface area contributed by atoms with Crippen LogP contribution >= 0.6 is 12.4 Å². The van der Waals surface area contributed by atoms with Crippen LogP contribution in [0.25, 0.3) is 0 Å². The van der Waals surface area contributed by atoms with Crippen molar-refractivity contribution in [2.45, 2.75) is 51.0 Å². The summed E-state index contributed by atoms with van der Waals surface area (Å²) in [6.07, 6.45) is 5.07. The fourth-order valence-electron chi connectivity index (χ4n) is 3.65. The Balaban J connectivity index is 0.00000161. The van der Waals surface area contributed by atoms with E-state index in [-0.39, 0.29) is 24.4 Å². The van der Waals surface area contributed by atoms with E-state index in [4.69, 9.17) is 5.73 Å². The summed E-state index contributed by atoms with van der Waals surface area (Å²) in [5, 5.41) is 0. The monoisotopic (exact) mass is 308 g/mol. The zero-order chi connectivity index (χ0) is 14.1. The Morgan fingerprint density at radius 2 is 2.00 bits per heavy atom. The molecule has 3 atom stereocenters. The van der Waals surface area contributed by atoms with Crippen LogP contribution in [0.15, 0.2) is 24.3 Å². The third-order valence-electron chi connectivity index (χ3n) is 4.87. The van der Waals surface area contributed by atoms with Crippen LogP contribution in [0.1, 0.15) is 50.5 Å². The summed E-state index contributed by atoms with van der Waals surface area (Å²) in [6.45, 7) is 3.10. The maximum atomic E-state index is 12.8. The zero-order valence-electron chi connectivity index (χ0n) is 12.6. The van der Waals surface area contributed by atoms with Gasteiger partial charge < -0.3 is 10.6 Å². The second kappa shape index (κ2) is 6.80. The van der Waals surface area contributed by atoms with E-state index in [1.165, 1.54) is 5.56 Å². The summed E-state index contributed by atoms with van der Waals surface area (Å²) in [7, 11) is 0. The summed E-state index contributed by atoms with van der Waals surface area (Å²) >= 11 is 0. The number of hydrogen-bond acceptors (Lipinski definition) is 2. The van der Waals surface area contributed by atoms with Gasteiger partial charge in [0.25, 0.3) is 0 Å². The fraction of sp³-hybridized carbons (Fsp3) is 0.588. The van der Waals surface area contributed by atoms with Gasteiger partial charge in [0.2, 0.25) is 5.91 Å². The quantitative estimate of drug-likeness (QED) is 0.863. The molecule has 1 fully saturated rings. The number of para-hydroxylation sites is 1. The van der Waals surface area contributed by atoms with Gasteiger partial charge >= 0.3 is 0 Å². The SMILES string of the molecule is CC1CCN(C(=O)C2CCCC(N)C2)c2ccccc21.Cl. The first-order chi connectivity index (χ1) is 9.66. The number of benzene rings is 1. The van der Waals surface area contributed by atoms with E-state index in [9.17, 15) is 4.79 Å². The van der Waals surface area contributed by atoms with Gasteiger partial charge in [0, 0.05) is 24.2 Å². The van der Waals surface area contributed by atoms with Crippen molar-refractivity contribution >= 4 is 24.0 Å². The second-order valence-electron chi connectivity index (χ2n) is 6.36. The molecule has 3 unspecified atom stereocenters. The average Bonchev–Trinajstić information content (AvgIpc) is 2.47. The lowest BCUT2D eigenvalue weighted by Gasteiger charge is -2.36. The van der Waals surface area contributed by atoms with Crippen molar-refractivity contribution in [2.24, 2.45) is 11.7 Å². The predicted molar refractivity (Wildman–Crippen MR) is 89.0 cm³/mol. The van der Waals surface area contributed by atoms with Gasteiger partial charge in [-0.3, -0.25) is 4.79 Å². The maximum absolute atomic E-state index is 12.8. The first kappa shape index (κ1) is 16.3. The van der Waals surface area contributed by atoms with Gasteiger partial charge in [-0.2, -0.15) is 0 Å². The number of halogens is 1. The van der Waals surface area contributed by atoms with Crippen molar-refractivity contribution in [2.75, 3.05) is 11.4 Å². The third kappa shape index (κ3) is 3.24. The molecule has 1 heterocycles. The average molecular weight is 309 g/mol. The number of carbonyl (C=O) groups is 1. The molecule has 1 aromatic rings. The molecule has 1 aliphatic carbocycles. The topological polar surface area (TPSA) is 46.3 Å². The fourth-order valence-corrected chi connectivity index (χ4v) is 3.65. The molecule has 0 bridgehead atoms.